The third kappa shape index (κ3) is 4.28. The standard InChI is InChI=1S/C22H25N3O3/c1-16(2)19-11-9-18(10-12-19)13-23(3)15-25-21(27)20(26)24(22(25)28)14-17-7-5-4-6-8-17/h4-12,16H,13-15H2,1-3H3/p+1. The number of carbonyl (C=O) groups excluding carboxylic acids is 3. The number of hydrogen-bond acceptors (Lipinski definition) is 3. The van der Waals surface area contributed by atoms with Crippen LogP contribution in [0.3, 0.4) is 0 Å². The smallest absolute Gasteiger partial charge is 0.316 e. The molecule has 0 aliphatic carbocycles. The van der Waals surface area contributed by atoms with E-state index in [-0.39, 0.29) is 13.2 Å². The van der Waals surface area contributed by atoms with Gasteiger partial charge in [-0.15, -0.1) is 0 Å². The molecule has 1 unspecified atom stereocenters. The van der Waals surface area contributed by atoms with E-state index in [0.717, 1.165) is 25.8 Å². The molecule has 6 heteroatoms. The maximum Gasteiger partial charge on any atom is 0.339 e. The van der Waals surface area contributed by atoms with Gasteiger partial charge in [0.25, 0.3) is 0 Å². The van der Waals surface area contributed by atoms with Crippen LogP contribution in [0.25, 0.3) is 0 Å². The fourth-order valence-electron chi connectivity index (χ4n) is 3.29. The van der Waals surface area contributed by atoms with Gasteiger partial charge in [-0.05, 0) is 17.0 Å². The number of hydrogen-bond donors (Lipinski definition) is 1. The molecule has 28 heavy (non-hydrogen) atoms. The van der Waals surface area contributed by atoms with E-state index in [9.17, 15) is 14.4 Å². The molecule has 146 valence electrons. The Morgan fingerprint density at radius 3 is 2.04 bits per heavy atom. The van der Waals surface area contributed by atoms with Crippen LogP contribution in [0.15, 0.2) is 54.6 Å². The minimum Gasteiger partial charge on any atom is -0.316 e. The average Bonchev–Trinajstić information content (AvgIpc) is 2.87. The normalized spacial score (nSPS) is 15.6. The summed E-state index contributed by atoms with van der Waals surface area (Å²) >= 11 is 0. The fraction of sp³-hybridized carbons (Fsp3) is 0.318. The molecule has 1 heterocycles. The summed E-state index contributed by atoms with van der Waals surface area (Å²) in [4.78, 5) is 40.2. The summed E-state index contributed by atoms with van der Waals surface area (Å²) in [5.74, 6) is -1.04. The number of amides is 4. The van der Waals surface area contributed by atoms with Crippen molar-refractivity contribution in [1.82, 2.24) is 9.80 Å². The molecule has 1 aliphatic rings. The lowest BCUT2D eigenvalue weighted by atomic mass is 10.0. The first-order valence-corrected chi connectivity index (χ1v) is 9.48. The Morgan fingerprint density at radius 1 is 0.821 bits per heavy atom. The fourth-order valence-corrected chi connectivity index (χ4v) is 3.29. The zero-order valence-electron chi connectivity index (χ0n) is 16.5. The van der Waals surface area contributed by atoms with Crippen LogP contribution < -0.4 is 4.90 Å². The van der Waals surface area contributed by atoms with E-state index in [1.807, 2.05) is 37.4 Å². The van der Waals surface area contributed by atoms with Crippen molar-refractivity contribution in [3.63, 3.8) is 0 Å². The van der Waals surface area contributed by atoms with Gasteiger partial charge in [-0.2, -0.15) is 0 Å². The second-order valence-electron chi connectivity index (χ2n) is 7.58. The Kier molecular flexibility index (Phi) is 5.90. The molecule has 0 bridgehead atoms. The van der Waals surface area contributed by atoms with Crippen molar-refractivity contribution in [2.45, 2.75) is 32.9 Å². The minimum absolute atomic E-state index is 0.108. The molecule has 0 saturated carbocycles. The van der Waals surface area contributed by atoms with E-state index >= 15 is 0 Å². The van der Waals surface area contributed by atoms with Gasteiger partial charge in [-0.3, -0.25) is 14.5 Å². The summed E-state index contributed by atoms with van der Waals surface area (Å²) in [6.45, 7) is 5.21. The number of carbonyl (C=O) groups is 3. The maximum atomic E-state index is 12.6. The predicted octanol–water partition coefficient (Wildman–Crippen LogP) is 1.77. The lowest BCUT2D eigenvalue weighted by molar-refractivity contribution is -0.901. The van der Waals surface area contributed by atoms with Crippen molar-refractivity contribution in [3.05, 3.63) is 71.3 Å². The highest BCUT2D eigenvalue weighted by atomic mass is 16.2. The molecule has 1 saturated heterocycles. The number of nitrogens with zero attached hydrogens (tertiary/aromatic N) is 2. The number of imide groups is 2. The van der Waals surface area contributed by atoms with Crippen LogP contribution >= 0.6 is 0 Å². The van der Waals surface area contributed by atoms with Gasteiger partial charge in [-0.1, -0.05) is 68.4 Å². The molecule has 1 fully saturated rings. The van der Waals surface area contributed by atoms with E-state index in [0.29, 0.717) is 12.5 Å². The lowest BCUT2D eigenvalue weighted by Crippen LogP contribution is -3.09. The van der Waals surface area contributed by atoms with Gasteiger partial charge in [-0.25, -0.2) is 9.69 Å². The molecule has 2 aromatic rings. The first-order valence-electron chi connectivity index (χ1n) is 9.48. The summed E-state index contributed by atoms with van der Waals surface area (Å²) in [7, 11) is 1.90. The summed E-state index contributed by atoms with van der Waals surface area (Å²) in [6, 6.07) is 17.0. The highest BCUT2D eigenvalue weighted by Crippen LogP contribution is 2.16. The van der Waals surface area contributed by atoms with E-state index in [2.05, 4.69) is 38.1 Å². The van der Waals surface area contributed by atoms with Gasteiger partial charge >= 0.3 is 17.8 Å². The molecule has 3 rings (SSSR count). The van der Waals surface area contributed by atoms with Crippen molar-refractivity contribution < 1.29 is 19.3 Å². The summed E-state index contributed by atoms with van der Waals surface area (Å²) in [5.41, 5.74) is 3.20. The van der Waals surface area contributed by atoms with Gasteiger partial charge in [0.1, 0.15) is 6.54 Å². The van der Waals surface area contributed by atoms with Gasteiger partial charge in [0.15, 0.2) is 6.67 Å². The molecule has 6 nitrogen and oxygen atoms in total. The van der Waals surface area contributed by atoms with Gasteiger partial charge in [0.2, 0.25) is 0 Å². The first-order chi connectivity index (χ1) is 13.4. The molecular formula is C22H26N3O3+. The van der Waals surface area contributed by atoms with Gasteiger partial charge in [0.05, 0.1) is 13.6 Å². The number of urea groups is 1. The van der Waals surface area contributed by atoms with E-state index in [1.54, 1.807) is 0 Å². The number of quaternary nitrogens is 1. The molecular weight excluding hydrogens is 354 g/mol. The number of nitrogens with one attached hydrogen (secondary N) is 1. The van der Waals surface area contributed by atoms with Crippen LogP contribution in [-0.4, -0.2) is 41.4 Å². The van der Waals surface area contributed by atoms with Gasteiger partial charge < -0.3 is 4.90 Å². The highest BCUT2D eigenvalue weighted by Gasteiger charge is 2.45. The van der Waals surface area contributed by atoms with Crippen LogP contribution in [0.4, 0.5) is 4.79 Å². The third-order valence-corrected chi connectivity index (χ3v) is 4.90. The number of benzene rings is 2. The van der Waals surface area contributed by atoms with Crippen molar-refractivity contribution in [2.24, 2.45) is 0 Å². The Labute approximate surface area is 165 Å². The largest absolute Gasteiger partial charge is 0.339 e. The van der Waals surface area contributed by atoms with E-state index in [4.69, 9.17) is 0 Å². The molecule has 1 N–H and O–H groups in total. The van der Waals surface area contributed by atoms with Crippen LogP contribution in [0, 0.1) is 0 Å². The Balaban J connectivity index is 1.63. The second kappa shape index (κ2) is 8.35. The maximum absolute atomic E-state index is 12.6. The first kappa shape index (κ1) is 19.8. The molecule has 0 aromatic heterocycles. The second-order valence-corrected chi connectivity index (χ2v) is 7.58. The van der Waals surface area contributed by atoms with Crippen molar-refractivity contribution in [1.29, 1.82) is 0 Å². The van der Waals surface area contributed by atoms with E-state index in [1.165, 1.54) is 5.56 Å². The van der Waals surface area contributed by atoms with Crippen LogP contribution in [0.2, 0.25) is 0 Å². The van der Waals surface area contributed by atoms with Gasteiger partial charge in [0, 0.05) is 5.56 Å². The van der Waals surface area contributed by atoms with E-state index < -0.39 is 17.8 Å². The predicted molar refractivity (Wildman–Crippen MR) is 105 cm³/mol. The van der Waals surface area contributed by atoms with Crippen molar-refractivity contribution in [3.8, 4) is 0 Å². The molecule has 4 amide bonds. The third-order valence-electron chi connectivity index (χ3n) is 4.90. The van der Waals surface area contributed by atoms with Crippen LogP contribution in [0.1, 0.15) is 36.5 Å². The van der Waals surface area contributed by atoms with Crippen molar-refractivity contribution in [2.75, 3.05) is 13.7 Å². The minimum atomic E-state index is -0.761. The molecule has 1 atom stereocenters. The zero-order chi connectivity index (χ0) is 20.3. The Morgan fingerprint density at radius 2 is 1.43 bits per heavy atom. The average molecular weight is 380 g/mol. The Bertz CT molecular complexity index is 862. The summed E-state index contributed by atoms with van der Waals surface area (Å²) in [5, 5.41) is 0. The van der Waals surface area contributed by atoms with Crippen LogP contribution in [-0.2, 0) is 22.7 Å². The van der Waals surface area contributed by atoms with Crippen molar-refractivity contribution >= 4 is 17.8 Å². The molecule has 0 spiro atoms. The molecule has 2 aromatic carbocycles. The summed E-state index contributed by atoms with van der Waals surface area (Å²) < 4.78 is 0. The lowest BCUT2D eigenvalue weighted by Gasteiger charge is -2.20. The number of rotatable bonds is 7. The SMILES string of the molecule is CC(C)c1ccc(C[NH+](C)CN2C(=O)C(=O)N(Cc3ccccc3)C2=O)cc1. The molecule has 1 aliphatic heterocycles. The quantitative estimate of drug-likeness (QED) is 0.588. The topological polar surface area (TPSA) is 62.1 Å². The summed E-state index contributed by atoms with van der Waals surface area (Å²) in [6.07, 6.45) is 0. The monoisotopic (exact) mass is 380 g/mol. The van der Waals surface area contributed by atoms with Crippen LogP contribution in [0.5, 0.6) is 0 Å². The Hall–Kier alpha value is -2.99. The molecule has 0 radical (unpaired) electrons. The zero-order valence-corrected chi connectivity index (χ0v) is 16.5. The highest BCUT2D eigenvalue weighted by molar-refractivity contribution is 6.44.